The zero-order valence-electron chi connectivity index (χ0n) is 11.2. The first-order valence-electron chi connectivity index (χ1n) is 6.37. The van der Waals surface area contributed by atoms with Crippen molar-refractivity contribution in [3.8, 4) is 0 Å². The van der Waals surface area contributed by atoms with E-state index < -0.39 is 0 Å². The van der Waals surface area contributed by atoms with Gasteiger partial charge in [0.15, 0.2) is 0 Å². The molecule has 1 aliphatic rings. The normalized spacial score (nSPS) is 31.4. The third-order valence-electron chi connectivity index (χ3n) is 3.76. The van der Waals surface area contributed by atoms with Crippen LogP contribution in [0.4, 0.5) is 0 Å². The molecule has 15 heavy (non-hydrogen) atoms. The van der Waals surface area contributed by atoms with E-state index in [4.69, 9.17) is 11.5 Å². The molecule has 1 aliphatic carbocycles. The maximum Gasteiger partial charge on any atom is 0.00792 e. The summed E-state index contributed by atoms with van der Waals surface area (Å²) in [5.74, 6) is 2.23. The Kier molecular flexibility index (Phi) is 7.20. The highest BCUT2D eigenvalue weighted by molar-refractivity contribution is 4.83. The molecule has 0 saturated heterocycles. The molecule has 0 radical (unpaired) electrons. The second-order valence-corrected chi connectivity index (χ2v) is 5.61. The van der Waals surface area contributed by atoms with Gasteiger partial charge in [-0.15, -0.1) is 0 Å². The average molecular weight is 214 g/mol. The Hall–Kier alpha value is -0.0800. The van der Waals surface area contributed by atoms with E-state index in [-0.39, 0.29) is 0 Å². The SMILES string of the molecule is CC(C)C(C)C.CC1C(N)CCCC1N. The molecule has 2 heteroatoms. The lowest BCUT2D eigenvalue weighted by Gasteiger charge is -2.30. The van der Waals surface area contributed by atoms with E-state index in [1.54, 1.807) is 0 Å². The standard InChI is InChI=1S/C7H16N2.C6H14/c1-5-6(8)3-2-4-7(5)9;1-5(2)6(3)4/h5-7H,2-4,8-9H2,1H3;5-6H,1-4H3. The molecular formula is C13H30N2. The van der Waals surface area contributed by atoms with Gasteiger partial charge in [0.1, 0.15) is 0 Å². The molecule has 4 N–H and O–H groups in total. The van der Waals surface area contributed by atoms with Crippen molar-refractivity contribution in [3.63, 3.8) is 0 Å². The maximum atomic E-state index is 5.79. The molecule has 1 rings (SSSR count). The van der Waals surface area contributed by atoms with Gasteiger partial charge in [-0.3, -0.25) is 0 Å². The summed E-state index contributed by atoms with van der Waals surface area (Å²) < 4.78 is 0. The van der Waals surface area contributed by atoms with Gasteiger partial charge < -0.3 is 11.5 Å². The minimum atomic E-state index is 0.355. The summed E-state index contributed by atoms with van der Waals surface area (Å²) in [4.78, 5) is 0. The molecule has 0 aromatic carbocycles. The number of rotatable bonds is 1. The summed E-state index contributed by atoms with van der Waals surface area (Å²) in [6.07, 6.45) is 3.54. The molecule has 0 bridgehead atoms. The van der Waals surface area contributed by atoms with E-state index in [9.17, 15) is 0 Å². The van der Waals surface area contributed by atoms with Crippen molar-refractivity contribution in [3.05, 3.63) is 0 Å². The summed E-state index contributed by atoms with van der Waals surface area (Å²) >= 11 is 0. The Morgan fingerprint density at radius 2 is 1.20 bits per heavy atom. The predicted molar refractivity (Wildman–Crippen MR) is 68.6 cm³/mol. The first-order chi connectivity index (χ1) is 6.86. The van der Waals surface area contributed by atoms with Gasteiger partial charge in [-0.25, -0.2) is 0 Å². The molecule has 0 amide bonds. The monoisotopic (exact) mass is 214 g/mol. The zero-order chi connectivity index (χ0) is 12.0. The Bertz CT molecular complexity index is 139. The largest absolute Gasteiger partial charge is 0.327 e. The van der Waals surface area contributed by atoms with Crippen LogP contribution in [0.5, 0.6) is 0 Å². The quantitative estimate of drug-likeness (QED) is 0.705. The van der Waals surface area contributed by atoms with Crippen molar-refractivity contribution in [2.45, 2.75) is 66.0 Å². The van der Waals surface area contributed by atoms with Crippen molar-refractivity contribution in [2.75, 3.05) is 0 Å². The molecule has 92 valence electrons. The van der Waals surface area contributed by atoms with E-state index in [1.807, 2.05) is 0 Å². The topological polar surface area (TPSA) is 52.0 Å². The van der Waals surface area contributed by atoms with Gasteiger partial charge in [0.25, 0.3) is 0 Å². The van der Waals surface area contributed by atoms with Crippen molar-refractivity contribution >= 4 is 0 Å². The lowest BCUT2D eigenvalue weighted by Crippen LogP contribution is -2.44. The number of hydrogen-bond acceptors (Lipinski definition) is 2. The highest BCUT2D eigenvalue weighted by Crippen LogP contribution is 2.20. The van der Waals surface area contributed by atoms with E-state index in [0.717, 1.165) is 24.7 Å². The predicted octanol–water partition coefficient (Wildman–Crippen LogP) is 2.76. The molecule has 0 aromatic rings. The van der Waals surface area contributed by atoms with Gasteiger partial charge in [0.05, 0.1) is 0 Å². The zero-order valence-corrected chi connectivity index (χ0v) is 11.2. The molecule has 1 saturated carbocycles. The van der Waals surface area contributed by atoms with Crippen LogP contribution in [0.25, 0.3) is 0 Å². The Balaban J connectivity index is 0.000000288. The molecule has 0 aromatic heterocycles. The molecular weight excluding hydrogens is 184 g/mol. The number of hydrogen-bond donors (Lipinski definition) is 2. The Morgan fingerprint density at radius 1 is 0.867 bits per heavy atom. The van der Waals surface area contributed by atoms with Gasteiger partial charge in [-0.05, 0) is 30.6 Å². The minimum absolute atomic E-state index is 0.355. The molecule has 1 fully saturated rings. The molecule has 2 nitrogen and oxygen atoms in total. The maximum absolute atomic E-state index is 5.79. The molecule has 2 unspecified atom stereocenters. The highest BCUT2D eigenvalue weighted by atomic mass is 14.7. The summed E-state index contributed by atoms with van der Waals surface area (Å²) in [6.45, 7) is 11.1. The van der Waals surface area contributed by atoms with E-state index in [2.05, 4.69) is 34.6 Å². The fraction of sp³-hybridized carbons (Fsp3) is 1.00. The van der Waals surface area contributed by atoms with E-state index >= 15 is 0 Å². The Morgan fingerprint density at radius 3 is 1.40 bits per heavy atom. The van der Waals surface area contributed by atoms with Crippen LogP contribution >= 0.6 is 0 Å². The number of nitrogens with two attached hydrogens (primary N) is 2. The summed E-state index contributed by atoms with van der Waals surface area (Å²) in [7, 11) is 0. The van der Waals surface area contributed by atoms with Crippen LogP contribution < -0.4 is 11.5 Å². The molecule has 0 heterocycles. The third-order valence-corrected chi connectivity index (χ3v) is 3.76. The van der Waals surface area contributed by atoms with Crippen molar-refractivity contribution < 1.29 is 0 Å². The second kappa shape index (κ2) is 7.24. The third kappa shape index (κ3) is 6.16. The summed E-state index contributed by atoms with van der Waals surface area (Å²) in [6, 6.07) is 0.711. The van der Waals surface area contributed by atoms with Gasteiger partial charge >= 0.3 is 0 Å². The molecule has 0 spiro atoms. The summed E-state index contributed by atoms with van der Waals surface area (Å²) in [5.41, 5.74) is 11.6. The highest BCUT2D eigenvalue weighted by Gasteiger charge is 2.23. The van der Waals surface area contributed by atoms with Gasteiger partial charge in [-0.1, -0.05) is 41.0 Å². The minimum Gasteiger partial charge on any atom is -0.327 e. The van der Waals surface area contributed by atoms with Gasteiger partial charge in [-0.2, -0.15) is 0 Å². The second-order valence-electron chi connectivity index (χ2n) is 5.61. The van der Waals surface area contributed by atoms with Crippen LogP contribution in [0.3, 0.4) is 0 Å². The van der Waals surface area contributed by atoms with Crippen LogP contribution in [0.1, 0.15) is 53.9 Å². The fourth-order valence-corrected chi connectivity index (χ4v) is 1.43. The average Bonchev–Trinajstić information content (AvgIpc) is 2.15. The lowest BCUT2D eigenvalue weighted by atomic mass is 9.83. The van der Waals surface area contributed by atoms with Crippen LogP contribution in [-0.4, -0.2) is 12.1 Å². The van der Waals surface area contributed by atoms with Crippen LogP contribution in [-0.2, 0) is 0 Å². The van der Waals surface area contributed by atoms with Crippen LogP contribution in [0, 0.1) is 17.8 Å². The first kappa shape index (κ1) is 14.9. The van der Waals surface area contributed by atoms with E-state index in [1.165, 1.54) is 6.42 Å². The van der Waals surface area contributed by atoms with Crippen LogP contribution in [0.15, 0.2) is 0 Å². The first-order valence-corrected chi connectivity index (χ1v) is 6.37. The van der Waals surface area contributed by atoms with E-state index in [0.29, 0.717) is 18.0 Å². The molecule has 0 aliphatic heterocycles. The van der Waals surface area contributed by atoms with Crippen molar-refractivity contribution in [1.29, 1.82) is 0 Å². The van der Waals surface area contributed by atoms with Crippen LogP contribution in [0.2, 0.25) is 0 Å². The smallest absolute Gasteiger partial charge is 0.00792 e. The van der Waals surface area contributed by atoms with Gasteiger partial charge in [0, 0.05) is 12.1 Å². The summed E-state index contributed by atoms with van der Waals surface area (Å²) in [5, 5.41) is 0. The Labute approximate surface area is 95.8 Å². The lowest BCUT2D eigenvalue weighted by molar-refractivity contribution is 0.287. The molecule has 2 atom stereocenters. The van der Waals surface area contributed by atoms with Gasteiger partial charge in [0.2, 0.25) is 0 Å². The fourth-order valence-electron chi connectivity index (χ4n) is 1.43. The van der Waals surface area contributed by atoms with Crippen molar-refractivity contribution in [1.82, 2.24) is 0 Å². The van der Waals surface area contributed by atoms with Crippen molar-refractivity contribution in [2.24, 2.45) is 29.2 Å².